The molecule has 1 aliphatic rings. The first-order valence-electron chi connectivity index (χ1n) is 6.17. The standard InChI is InChI=1S/C13H21NO/c1-2-14-13-7-5-3-4-6-12(13)11-8-9-15-10-11/h8-10,12-14H,2-7H2,1H3. The first-order valence-corrected chi connectivity index (χ1v) is 6.17. The van der Waals surface area contributed by atoms with Gasteiger partial charge in [0.1, 0.15) is 0 Å². The molecule has 2 heteroatoms. The smallest absolute Gasteiger partial charge is 0.0937 e. The molecule has 0 bridgehead atoms. The summed E-state index contributed by atoms with van der Waals surface area (Å²) in [6.07, 6.45) is 10.4. The van der Waals surface area contributed by atoms with E-state index in [4.69, 9.17) is 4.42 Å². The van der Waals surface area contributed by atoms with E-state index in [9.17, 15) is 0 Å². The van der Waals surface area contributed by atoms with Crippen LogP contribution in [0, 0.1) is 0 Å². The van der Waals surface area contributed by atoms with E-state index in [2.05, 4.69) is 18.3 Å². The topological polar surface area (TPSA) is 25.2 Å². The second kappa shape index (κ2) is 5.36. The molecule has 2 rings (SSSR count). The van der Waals surface area contributed by atoms with Crippen molar-refractivity contribution < 1.29 is 4.42 Å². The summed E-state index contributed by atoms with van der Waals surface area (Å²) in [6, 6.07) is 2.77. The predicted molar refractivity (Wildman–Crippen MR) is 62.0 cm³/mol. The van der Waals surface area contributed by atoms with Gasteiger partial charge in [-0.25, -0.2) is 0 Å². The van der Waals surface area contributed by atoms with Crippen LogP contribution in [0.3, 0.4) is 0 Å². The van der Waals surface area contributed by atoms with Crippen LogP contribution in [0.2, 0.25) is 0 Å². The highest BCUT2D eigenvalue weighted by Gasteiger charge is 2.24. The first kappa shape index (κ1) is 10.7. The highest BCUT2D eigenvalue weighted by atomic mass is 16.3. The van der Waals surface area contributed by atoms with Crippen molar-refractivity contribution in [2.75, 3.05) is 6.54 Å². The maximum Gasteiger partial charge on any atom is 0.0937 e. The van der Waals surface area contributed by atoms with Gasteiger partial charge in [-0.05, 0) is 31.0 Å². The molecule has 1 aromatic rings. The molecule has 1 saturated carbocycles. The van der Waals surface area contributed by atoms with Gasteiger partial charge in [-0.3, -0.25) is 0 Å². The normalized spacial score (nSPS) is 27.5. The molecule has 1 fully saturated rings. The maximum atomic E-state index is 5.21. The molecule has 2 atom stereocenters. The summed E-state index contributed by atoms with van der Waals surface area (Å²) in [5.41, 5.74) is 1.38. The summed E-state index contributed by atoms with van der Waals surface area (Å²) >= 11 is 0. The number of hydrogen-bond donors (Lipinski definition) is 1. The van der Waals surface area contributed by atoms with Crippen LogP contribution in [0.15, 0.2) is 23.0 Å². The van der Waals surface area contributed by atoms with E-state index in [0.717, 1.165) is 6.54 Å². The Morgan fingerprint density at radius 3 is 2.93 bits per heavy atom. The van der Waals surface area contributed by atoms with Crippen LogP contribution >= 0.6 is 0 Å². The SMILES string of the molecule is CCNC1CCCCCC1c1ccoc1. The van der Waals surface area contributed by atoms with Gasteiger partial charge in [0.15, 0.2) is 0 Å². The van der Waals surface area contributed by atoms with E-state index < -0.39 is 0 Å². The molecule has 0 radical (unpaired) electrons. The van der Waals surface area contributed by atoms with E-state index in [0.29, 0.717) is 12.0 Å². The second-order valence-electron chi connectivity index (χ2n) is 4.47. The maximum absolute atomic E-state index is 5.21. The van der Waals surface area contributed by atoms with Gasteiger partial charge in [-0.15, -0.1) is 0 Å². The first-order chi connectivity index (χ1) is 7.42. The van der Waals surface area contributed by atoms with Crippen LogP contribution in [0.1, 0.15) is 50.5 Å². The Labute approximate surface area is 92.1 Å². The van der Waals surface area contributed by atoms with Crippen molar-refractivity contribution in [3.8, 4) is 0 Å². The fraction of sp³-hybridized carbons (Fsp3) is 0.692. The number of likely N-dealkylation sites (N-methyl/N-ethyl adjacent to an activating group) is 1. The van der Waals surface area contributed by atoms with E-state index in [-0.39, 0.29) is 0 Å². The molecule has 15 heavy (non-hydrogen) atoms. The fourth-order valence-electron chi connectivity index (χ4n) is 2.70. The lowest BCUT2D eigenvalue weighted by atomic mass is 9.89. The van der Waals surface area contributed by atoms with E-state index in [1.807, 2.05) is 6.26 Å². The molecule has 0 aliphatic heterocycles. The van der Waals surface area contributed by atoms with Gasteiger partial charge in [0.25, 0.3) is 0 Å². The van der Waals surface area contributed by atoms with Crippen LogP contribution < -0.4 is 5.32 Å². The summed E-state index contributed by atoms with van der Waals surface area (Å²) < 4.78 is 5.21. The molecular formula is C13H21NO. The Morgan fingerprint density at radius 1 is 1.33 bits per heavy atom. The molecule has 1 heterocycles. The molecule has 2 unspecified atom stereocenters. The zero-order valence-corrected chi connectivity index (χ0v) is 9.54. The van der Waals surface area contributed by atoms with Crippen LogP contribution in [-0.4, -0.2) is 12.6 Å². The lowest BCUT2D eigenvalue weighted by Crippen LogP contribution is -2.33. The van der Waals surface area contributed by atoms with Crippen molar-refractivity contribution in [2.45, 2.75) is 51.0 Å². The van der Waals surface area contributed by atoms with Crippen LogP contribution in [0.4, 0.5) is 0 Å². The van der Waals surface area contributed by atoms with Crippen molar-refractivity contribution in [1.29, 1.82) is 0 Å². The van der Waals surface area contributed by atoms with E-state index in [1.165, 1.54) is 37.7 Å². The summed E-state index contributed by atoms with van der Waals surface area (Å²) in [4.78, 5) is 0. The minimum atomic E-state index is 0.648. The lowest BCUT2D eigenvalue weighted by Gasteiger charge is -2.24. The van der Waals surface area contributed by atoms with Gasteiger partial charge in [-0.1, -0.05) is 26.2 Å². The zero-order valence-electron chi connectivity index (χ0n) is 9.54. The monoisotopic (exact) mass is 207 g/mol. The largest absolute Gasteiger partial charge is 0.472 e. The summed E-state index contributed by atoms with van der Waals surface area (Å²) in [5.74, 6) is 0.659. The Hall–Kier alpha value is -0.760. The minimum Gasteiger partial charge on any atom is -0.472 e. The van der Waals surface area contributed by atoms with Gasteiger partial charge >= 0.3 is 0 Å². The van der Waals surface area contributed by atoms with Crippen LogP contribution in [0.5, 0.6) is 0 Å². The Kier molecular flexibility index (Phi) is 3.84. The van der Waals surface area contributed by atoms with Gasteiger partial charge in [0, 0.05) is 12.0 Å². The van der Waals surface area contributed by atoms with Crippen LogP contribution in [0.25, 0.3) is 0 Å². The Bertz CT molecular complexity index is 268. The number of furan rings is 1. The van der Waals surface area contributed by atoms with E-state index >= 15 is 0 Å². The third-order valence-electron chi connectivity index (χ3n) is 3.45. The molecule has 0 amide bonds. The summed E-state index contributed by atoms with van der Waals surface area (Å²) in [6.45, 7) is 3.26. The van der Waals surface area contributed by atoms with Crippen molar-refractivity contribution in [3.05, 3.63) is 24.2 Å². The average Bonchev–Trinajstić information content (AvgIpc) is 2.67. The van der Waals surface area contributed by atoms with Crippen molar-refractivity contribution in [1.82, 2.24) is 5.32 Å². The molecule has 0 saturated heterocycles. The van der Waals surface area contributed by atoms with Gasteiger partial charge in [-0.2, -0.15) is 0 Å². The fourth-order valence-corrected chi connectivity index (χ4v) is 2.70. The average molecular weight is 207 g/mol. The molecule has 1 N–H and O–H groups in total. The molecule has 1 aromatic heterocycles. The third kappa shape index (κ3) is 2.63. The molecule has 0 spiro atoms. The molecular weight excluding hydrogens is 186 g/mol. The van der Waals surface area contributed by atoms with Crippen molar-refractivity contribution in [2.24, 2.45) is 0 Å². The Balaban J connectivity index is 2.09. The molecule has 2 nitrogen and oxygen atoms in total. The molecule has 1 aliphatic carbocycles. The predicted octanol–water partition coefficient (Wildman–Crippen LogP) is 3.31. The highest BCUT2D eigenvalue weighted by molar-refractivity contribution is 5.15. The lowest BCUT2D eigenvalue weighted by molar-refractivity contribution is 0.416. The number of rotatable bonds is 3. The van der Waals surface area contributed by atoms with Gasteiger partial charge < -0.3 is 9.73 Å². The second-order valence-corrected chi connectivity index (χ2v) is 4.47. The molecule has 0 aromatic carbocycles. The highest BCUT2D eigenvalue weighted by Crippen LogP contribution is 2.32. The minimum absolute atomic E-state index is 0.648. The quantitative estimate of drug-likeness (QED) is 0.769. The van der Waals surface area contributed by atoms with Gasteiger partial charge in [0.05, 0.1) is 12.5 Å². The number of nitrogens with one attached hydrogen (secondary N) is 1. The van der Waals surface area contributed by atoms with E-state index in [1.54, 1.807) is 6.26 Å². The third-order valence-corrected chi connectivity index (χ3v) is 3.45. The van der Waals surface area contributed by atoms with Crippen LogP contribution in [-0.2, 0) is 0 Å². The van der Waals surface area contributed by atoms with Crippen molar-refractivity contribution in [3.63, 3.8) is 0 Å². The number of hydrogen-bond acceptors (Lipinski definition) is 2. The summed E-state index contributed by atoms with van der Waals surface area (Å²) in [5, 5.41) is 3.62. The molecule has 84 valence electrons. The Morgan fingerprint density at radius 2 is 2.20 bits per heavy atom. The van der Waals surface area contributed by atoms with Crippen molar-refractivity contribution >= 4 is 0 Å². The van der Waals surface area contributed by atoms with Gasteiger partial charge in [0.2, 0.25) is 0 Å². The summed E-state index contributed by atoms with van der Waals surface area (Å²) in [7, 11) is 0. The zero-order chi connectivity index (χ0) is 10.5.